The van der Waals surface area contributed by atoms with Crippen LogP contribution in [-0.4, -0.2) is 23.2 Å². The summed E-state index contributed by atoms with van der Waals surface area (Å²) in [6.07, 6.45) is 4.71. The summed E-state index contributed by atoms with van der Waals surface area (Å²) in [5, 5.41) is 10.7. The second kappa shape index (κ2) is 7.28. The summed E-state index contributed by atoms with van der Waals surface area (Å²) < 4.78 is 16.6. The number of pyridine rings is 1. The summed E-state index contributed by atoms with van der Waals surface area (Å²) in [7, 11) is 1.52. The first kappa shape index (κ1) is 18.9. The molecule has 1 N–H and O–H groups in total. The number of aromatic hydroxyl groups is 1. The van der Waals surface area contributed by atoms with Crippen LogP contribution < -0.4 is 14.9 Å². The largest absolute Gasteiger partial charge is 0.507 e. The molecule has 0 saturated carbocycles. The molecule has 0 amide bonds. The average Bonchev–Trinajstić information content (AvgIpc) is 2.79. The van der Waals surface area contributed by atoms with Crippen molar-refractivity contribution in [3.8, 4) is 28.4 Å². The quantitative estimate of drug-likeness (QED) is 0.399. The molecule has 154 valence electrons. The Morgan fingerprint density at radius 2 is 1.97 bits per heavy atom. The van der Waals surface area contributed by atoms with Crippen LogP contribution in [0.4, 0.5) is 0 Å². The molecule has 2 aromatic carbocycles. The van der Waals surface area contributed by atoms with Gasteiger partial charge < -0.3 is 19.0 Å². The van der Waals surface area contributed by atoms with E-state index in [1.165, 1.54) is 19.4 Å². The Balaban J connectivity index is 1.80. The second-order valence-electron chi connectivity index (χ2n) is 7.21. The van der Waals surface area contributed by atoms with Crippen LogP contribution in [0.2, 0.25) is 0 Å². The van der Waals surface area contributed by atoms with Crippen LogP contribution in [0.3, 0.4) is 0 Å². The third-order valence-electron chi connectivity index (χ3n) is 5.45. The van der Waals surface area contributed by atoms with Crippen LogP contribution in [0.5, 0.6) is 17.2 Å². The molecule has 0 spiro atoms. The van der Waals surface area contributed by atoms with Crippen molar-refractivity contribution < 1.29 is 23.8 Å². The van der Waals surface area contributed by atoms with Gasteiger partial charge in [-0.2, -0.15) is 0 Å². The molecule has 1 aliphatic rings. The number of carbonyl (C=O) groups is 1. The van der Waals surface area contributed by atoms with E-state index in [0.717, 1.165) is 5.56 Å². The number of hydrogen-bond acceptors (Lipinski definition) is 7. The minimum absolute atomic E-state index is 0.0222. The molecule has 4 aromatic rings. The van der Waals surface area contributed by atoms with E-state index < -0.39 is 17.3 Å². The lowest BCUT2D eigenvalue weighted by molar-refractivity contribution is -0.135. The maximum absolute atomic E-state index is 13.4. The molecule has 0 aliphatic carbocycles. The number of ether oxygens (including phenoxy) is 2. The monoisotopic (exact) mass is 415 g/mol. The predicted octanol–water partition coefficient (Wildman–Crippen LogP) is 4.01. The van der Waals surface area contributed by atoms with Crippen molar-refractivity contribution in [2.75, 3.05) is 7.11 Å². The predicted molar refractivity (Wildman–Crippen MR) is 112 cm³/mol. The highest BCUT2D eigenvalue weighted by atomic mass is 16.5. The molecule has 2 aromatic heterocycles. The SMILES string of the molecule is COc1ccccc1-c1coc2c3c(cc(O)c2c1=O)OC(=O)CC3c1cccnc1. The fourth-order valence-corrected chi connectivity index (χ4v) is 4.05. The first-order chi connectivity index (χ1) is 15.1. The number of carbonyl (C=O) groups excluding carboxylic acids is 1. The first-order valence-corrected chi connectivity index (χ1v) is 9.64. The van der Waals surface area contributed by atoms with Gasteiger partial charge in [0.2, 0.25) is 5.43 Å². The average molecular weight is 415 g/mol. The van der Waals surface area contributed by atoms with Crippen molar-refractivity contribution in [3.63, 3.8) is 0 Å². The summed E-state index contributed by atoms with van der Waals surface area (Å²) >= 11 is 0. The minimum Gasteiger partial charge on any atom is -0.507 e. The number of nitrogens with zero attached hydrogens (tertiary/aromatic N) is 1. The van der Waals surface area contributed by atoms with Gasteiger partial charge in [0, 0.05) is 35.5 Å². The third-order valence-corrected chi connectivity index (χ3v) is 5.45. The van der Waals surface area contributed by atoms with Gasteiger partial charge >= 0.3 is 5.97 Å². The van der Waals surface area contributed by atoms with E-state index in [1.54, 1.807) is 42.7 Å². The van der Waals surface area contributed by atoms with Crippen LogP contribution in [0.15, 0.2) is 70.3 Å². The van der Waals surface area contributed by atoms with E-state index in [2.05, 4.69) is 4.98 Å². The van der Waals surface area contributed by atoms with Crippen molar-refractivity contribution >= 4 is 16.9 Å². The summed E-state index contributed by atoms with van der Waals surface area (Å²) in [5.74, 6) is -0.502. The highest BCUT2D eigenvalue weighted by Crippen LogP contribution is 2.45. The van der Waals surface area contributed by atoms with Crippen LogP contribution in [0, 0.1) is 0 Å². The molecule has 5 rings (SSSR count). The molecule has 0 fully saturated rings. The number of hydrogen-bond donors (Lipinski definition) is 1. The number of esters is 1. The van der Waals surface area contributed by atoms with Crippen LogP contribution in [0.1, 0.15) is 23.5 Å². The van der Waals surface area contributed by atoms with Gasteiger partial charge in [0.1, 0.15) is 34.5 Å². The molecule has 1 atom stereocenters. The highest BCUT2D eigenvalue weighted by Gasteiger charge is 2.33. The highest BCUT2D eigenvalue weighted by molar-refractivity contribution is 5.94. The van der Waals surface area contributed by atoms with Crippen LogP contribution >= 0.6 is 0 Å². The molecule has 31 heavy (non-hydrogen) atoms. The van der Waals surface area contributed by atoms with Gasteiger partial charge in [-0.15, -0.1) is 0 Å². The smallest absolute Gasteiger partial charge is 0.312 e. The van der Waals surface area contributed by atoms with E-state index >= 15 is 0 Å². The van der Waals surface area contributed by atoms with Crippen molar-refractivity contribution in [1.29, 1.82) is 0 Å². The summed E-state index contributed by atoms with van der Waals surface area (Å²) in [6.45, 7) is 0. The lowest BCUT2D eigenvalue weighted by Crippen LogP contribution is -2.22. The van der Waals surface area contributed by atoms with Gasteiger partial charge in [-0.25, -0.2) is 0 Å². The number of benzene rings is 2. The Kier molecular flexibility index (Phi) is 4.43. The van der Waals surface area contributed by atoms with Gasteiger partial charge in [0.25, 0.3) is 0 Å². The summed E-state index contributed by atoms with van der Waals surface area (Å²) in [4.78, 5) is 29.8. The molecular weight excluding hydrogens is 398 g/mol. The number of phenols is 1. The summed E-state index contributed by atoms with van der Waals surface area (Å²) in [5.41, 5.74) is 1.89. The van der Waals surface area contributed by atoms with Gasteiger partial charge in [-0.05, 0) is 17.7 Å². The third kappa shape index (κ3) is 3.02. The van der Waals surface area contributed by atoms with Crippen molar-refractivity contribution in [3.05, 3.63) is 82.5 Å². The zero-order chi connectivity index (χ0) is 21.5. The normalized spacial score (nSPS) is 15.4. The Morgan fingerprint density at radius 3 is 2.74 bits per heavy atom. The second-order valence-corrected chi connectivity index (χ2v) is 7.21. The lowest BCUT2D eigenvalue weighted by Gasteiger charge is -2.25. The maximum atomic E-state index is 13.4. The lowest BCUT2D eigenvalue weighted by atomic mass is 9.85. The first-order valence-electron chi connectivity index (χ1n) is 9.64. The maximum Gasteiger partial charge on any atom is 0.312 e. The van der Waals surface area contributed by atoms with Crippen molar-refractivity contribution in [2.45, 2.75) is 12.3 Å². The fourth-order valence-electron chi connectivity index (χ4n) is 4.05. The van der Waals surface area contributed by atoms with Crippen molar-refractivity contribution in [2.24, 2.45) is 0 Å². The number of aromatic nitrogens is 1. The number of phenolic OH excluding ortho intramolecular Hbond substituents is 1. The molecule has 7 heteroatoms. The van der Waals surface area contributed by atoms with E-state index in [9.17, 15) is 14.7 Å². The van der Waals surface area contributed by atoms with E-state index in [1.807, 2.05) is 6.07 Å². The number of rotatable bonds is 3. The molecule has 0 radical (unpaired) electrons. The Bertz CT molecular complexity index is 1380. The molecular formula is C24H17NO6. The van der Waals surface area contributed by atoms with Gasteiger partial charge in [-0.1, -0.05) is 24.3 Å². The Labute approximate surface area is 176 Å². The Morgan fingerprint density at radius 1 is 1.13 bits per heavy atom. The van der Waals surface area contributed by atoms with Gasteiger partial charge in [0.15, 0.2) is 0 Å². The number of para-hydroxylation sites is 1. The van der Waals surface area contributed by atoms with Gasteiger partial charge in [0.05, 0.1) is 19.1 Å². The topological polar surface area (TPSA) is 98.9 Å². The standard InChI is InChI=1S/C24H17NO6/c1-29-18-7-3-2-6-14(18)16-12-30-24-21-15(13-5-4-8-25-11-13)9-20(27)31-19(21)10-17(26)22(24)23(16)28/h2-8,10-12,15,26H,9H2,1H3. The summed E-state index contributed by atoms with van der Waals surface area (Å²) in [6, 6.07) is 12.0. The zero-order valence-electron chi connectivity index (χ0n) is 16.5. The van der Waals surface area contributed by atoms with Gasteiger partial charge in [-0.3, -0.25) is 14.6 Å². The van der Waals surface area contributed by atoms with Crippen LogP contribution in [0.25, 0.3) is 22.1 Å². The molecule has 1 unspecified atom stereocenters. The zero-order valence-corrected chi connectivity index (χ0v) is 16.5. The fraction of sp³-hybridized carbons (Fsp3) is 0.125. The number of methoxy groups -OCH3 is 1. The molecule has 7 nitrogen and oxygen atoms in total. The number of fused-ring (bicyclic) bond motifs is 3. The molecule has 0 saturated heterocycles. The van der Waals surface area contributed by atoms with Crippen molar-refractivity contribution in [1.82, 2.24) is 4.98 Å². The van der Waals surface area contributed by atoms with E-state index in [0.29, 0.717) is 16.9 Å². The van der Waals surface area contributed by atoms with Crippen LogP contribution in [-0.2, 0) is 4.79 Å². The van der Waals surface area contributed by atoms with E-state index in [-0.39, 0.29) is 34.5 Å². The molecule has 0 bridgehead atoms. The minimum atomic E-state index is -0.437. The molecule has 3 heterocycles. The molecule has 1 aliphatic heterocycles. The van der Waals surface area contributed by atoms with E-state index in [4.69, 9.17) is 13.9 Å². The Hall–Kier alpha value is -4.13.